The second-order valence-electron chi connectivity index (χ2n) is 7.00. The number of carbonyl (C=O) groups is 2. The van der Waals surface area contributed by atoms with Gasteiger partial charge in [-0.15, -0.1) is 10.3 Å². The van der Waals surface area contributed by atoms with Gasteiger partial charge in [-0.1, -0.05) is 13.8 Å². The average molecular weight is 267 g/mol. The Labute approximate surface area is 114 Å². The Morgan fingerprint density at radius 3 is 1.63 bits per heavy atom. The topological polar surface area (TPSA) is 60.5 Å². The molecule has 107 valence electrons. The molecular weight excluding hydrogens is 244 g/mol. The van der Waals surface area contributed by atoms with Crippen LogP contribution in [-0.4, -0.2) is 38.9 Å². The first-order valence-electron chi connectivity index (χ1n) is 6.85. The van der Waals surface area contributed by atoms with Gasteiger partial charge < -0.3 is 0 Å². The molecule has 0 N–H and O–H groups in total. The van der Waals surface area contributed by atoms with Crippen molar-refractivity contribution in [2.75, 3.05) is 0 Å². The molecule has 2 aliphatic rings. The standard InChI is InChI=1S/C14H23N2O3/c1-8-12(15-10(17)7-11(15)18)9(2)14(5,6)16(19)13(8,3)4/h8-9,12H,7H2,1-6H3. The Bertz CT molecular complexity index is 394. The normalized spacial score (nSPS) is 38.3. The molecule has 2 rings (SSSR count). The molecule has 0 spiro atoms. The predicted octanol–water partition coefficient (Wildman–Crippen LogP) is 1.60. The monoisotopic (exact) mass is 267 g/mol. The number of hydrogen-bond acceptors (Lipinski definition) is 3. The lowest BCUT2D eigenvalue weighted by molar-refractivity contribution is -0.322. The lowest BCUT2D eigenvalue weighted by atomic mass is 9.65. The van der Waals surface area contributed by atoms with E-state index in [4.69, 9.17) is 0 Å². The summed E-state index contributed by atoms with van der Waals surface area (Å²) in [5.74, 6) is -0.332. The summed E-state index contributed by atoms with van der Waals surface area (Å²) < 4.78 is 0. The van der Waals surface area contributed by atoms with Gasteiger partial charge in [0.1, 0.15) is 6.42 Å². The van der Waals surface area contributed by atoms with E-state index in [1.807, 2.05) is 41.5 Å². The average Bonchev–Trinajstić information content (AvgIpc) is 2.31. The highest BCUT2D eigenvalue weighted by atomic mass is 16.5. The van der Waals surface area contributed by atoms with Crippen LogP contribution in [0.1, 0.15) is 48.0 Å². The Hall–Kier alpha value is -0.940. The molecule has 0 aromatic carbocycles. The van der Waals surface area contributed by atoms with E-state index < -0.39 is 11.1 Å². The van der Waals surface area contributed by atoms with Crippen molar-refractivity contribution >= 4 is 11.8 Å². The van der Waals surface area contributed by atoms with Gasteiger partial charge in [0.05, 0.1) is 0 Å². The first-order chi connectivity index (χ1) is 8.52. The van der Waals surface area contributed by atoms with Crippen LogP contribution in [0.25, 0.3) is 0 Å². The molecule has 2 unspecified atom stereocenters. The van der Waals surface area contributed by atoms with Crippen LogP contribution in [0, 0.1) is 11.8 Å². The smallest absolute Gasteiger partial charge is 0.238 e. The second-order valence-corrected chi connectivity index (χ2v) is 7.00. The molecule has 2 saturated heterocycles. The maximum absolute atomic E-state index is 12.6. The summed E-state index contributed by atoms with van der Waals surface area (Å²) in [7, 11) is 0. The molecule has 0 aliphatic carbocycles. The van der Waals surface area contributed by atoms with Crippen LogP contribution >= 0.6 is 0 Å². The van der Waals surface area contributed by atoms with Gasteiger partial charge in [0, 0.05) is 17.1 Å². The van der Waals surface area contributed by atoms with Crippen LogP contribution in [0.5, 0.6) is 0 Å². The SMILES string of the molecule is CC1C(N2C(=O)CC2=O)C(C)C(C)(C)N([O])C1(C)C. The van der Waals surface area contributed by atoms with Gasteiger partial charge in [0.2, 0.25) is 11.8 Å². The number of β-lactam (4-membered cyclic amide) rings is 2. The third-order valence-corrected chi connectivity index (χ3v) is 5.44. The van der Waals surface area contributed by atoms with Crippen LogP contribution in [0.3, 0.4) is 0 Å². The third-order valence-electron chi connectivity index (χ3n) is 5.44. The molecule has 2 atom stereocenters. The van der Waals surface area contributed by atoms with Gasteiger partial charge in [0.15, 0.2) is 0 Å². The van der Waals surface area contributed by atoms with Crippen LogP contribution in [0.15, 0.2) is 0 Å². The number of amides is 2. The Morgan fingerprint density at radius 1 is 0.947 bits per heavy atom. The first kappa shape index (κ1) is 14.5. The molecule has 2 amide bonds. The number of imide groups is 1. The van der Waals surface area contributed by atoms with Gasteiger partial charge in [-0.05, 0) is 39.5 Å². The molecule has 0 saturated carbocycles. The zero-order chi connectivity index (χ0) is 14.7. The summed E-state index contributed by atoms with van der Waals surface area (Å²) in [4.78, 5) is 24.9. The van der Waals surface area contributed by atoms with Crippen molar-refractivity contribution in [2.45, 2.75) is 65.1 Å². The van der Waals surface area contributed by atoms with E-state index in [9.17, 15) is 14.8 Å². The van der Waals surface area contributed by atoms with Crippen LogP contribution in [0.4, 0.5) is 0 Å². The fourth-order valence-corrected chi connectivity index (χ4v) is 3.51. The zero-order valence-electron chi connectivity index (χ0n) is 12.6. The van der Waals surface area contributed by atoms with Crippen LogP contribution < -0.4 is 0 Å². The fourth-order valence-electron chi connectivity index (χ4n) is 3.51. The summed E-state index contributed by atoms with van der Waals surface area (Å²) in [6.45, 7) is 11.5. The number of hydroxylamine groups is 2. The Kier molecular flexibility index (Phi) is 3.07. The fraction of sp³-hybridized carbons (Fsp3) is 0.857. The molecule has 5 heteroatoms. The lowest BCUT2D eigenvalue weighted by Gasteiger charge is -2.60. The lowest BCUT2D eigenvalue weighted by Crippen LogP contribution is -2.73. The van der Waals surface area contributed by atoms with E-state index in [0.717, 1.165) is 5.06 Å². The third kappa shape index (κ3) is 1.75. The quantitative estimate of drug-likeness (QED) is 0.535. The summed E-state index contributed by atoms with van der Waals surface area (Å²) in [5, 5.41) is 13.7. The minimum Gasteiger partial charge on any atom is -0.278 e. The highest BCUT2D eigenvalue weighted by Gasteiger charge is 2.59. The molecule has 19 heavy (non-hydrogen) atoms. The van der Waals surface area contributed by atoms with Crippen molar-refractivity contribution in [3.05, 3.63) is 0 Å². The predicted molar refractivity (Wildman–Crippen MR) is 69.3 cm³/mol. The summed E-state index contributed by atoms with van der Waals surface area (Å²) in [6, 6.07) is -0.191. The maximum Gasteiger partial charge on any atom is 0.238 e. The molecule has 2 fully saturated rings. The summed E-state index contributed by atoms with van der Waals surface area (Å²) >= 11 is 0. The minimum absolute atomic E-state index is 0.0118. The number of likely N-dealkylation sites (tertiary alicyclic amines) is 1. The second kappa shape index (κ2) is 4.03. The molecule has 5 nitrogen and oxygen atoms in total. The summed E-state index contributed by atoms with van der Waals surface area (Å²) in [6.07, 6.45) is 0.0118. The molecule has 1 radical (unpaired) electrons. The zero-order valence-corrected chi connectivity index (χ0v) is 12.6. The number of carbonyl (C=O) groups excluding carboxylic acids is 2. The van der Waals surface area contributed by atoms with Crippen molar-refractivity contribution in [2.24, 2.45) is 11.8 Å². The van der Waals surface area contributed by atoms with Gasteiger partial charge in [-0.25, -0.2) is 0 Å². The first-order valence-corrected chi connectivity index (χ1v) is 6.85. The largest absolute Gasteiger partial charge is 0.278 e. The van der Waals surface area contributed by atoms with Crippen molar-refractivity contribution in [3.8, 4) is 0 Å². The van der Waals surface area contributed by atoms with Crippen molar-refractivity contribution in [3.63, 3.8) is 0 Å². The van der Waals surface area contributed by atoms with Gasteiger partial charge in [0.25, 0.3) is 0 Å². The maximum atomic E-state index is 12.6. The van der Waals surface area contributed by atoms with Crippen molar-refractivity contribution < 1.29 is 14.8 Å². The minimum atomic E-state index is -0.600. The molecular formula is C14H23N2O3. The van der Waals surface area contributed by atoms with E-state index >= 15 is 0 Å². The number of piperidine rings is 1. The molecule has 2 heterocycles. The van der Waals surface area contributed by atoms with E-state index in [-0.39, 0.29) is 36.1 Å². The van der Waals surface area contributed by atoms with Gasteiger partial charge in [-0.2, -0.15) is 0 Å². The van der Waals surface area contributed by atoms with E-state index in [1.54, 1.807) is 0 Å². The van der Waals surface area contributed by atoms with Gasteiger partial charge in [-0.3, -0.25) is 14.5 Å². The van der Waals surface area contributed by atoms with E-state index in [1.165, 1.54) is 4.90 Å². The number of hydrogen-bond donors (Lipinski definition) is 0. The van der Waals surface area contributed by atoms with Crippen molar-refractivity contribution in [1.82, 2.24) is 9.96 Å². The van der Waals surface area contributed by atoms with E-state index in [2.05, 4.69) is 0 Å². The van der Waals surface area contributed by atoms with Crippen LogP contribution in [0.2, 0.25) is 0 Å². The number of nitrogens with zero attached hydrogens (tertiary/aromatic N) is 2. The highest BCUT2D eigenvalue weighted by molar-refractivity contribution is 6.15. The number of rotatable bonds is 1. The Morgan fingerprint density at radius 2 is 1.32 bits per heavy atom. The molecule has 0 aromatic heterocycles. The molecule has 2 aliphatic heterocycles. The van der Waals surface area contributed by atoms with Gasteiger partial charge >= 0.3 is 0 Å². The van der Waals surface area contributed by atoms with Crippen LogP contribution in [-0.2, 0) is 14.8 Å². The highest BCUT2D eigenvalue weighted by Crippen LogP contribution is 2.47. The van der Waals surface area contributed by atoms with Crippen molar-refractivity contribution in [1.29, 1.82) is 0 Å². The molecule has 0 aromatic rings. The summed E-state index contributed by atoms with van der Waals surface area (Å²) in [5.41, 5.74) is -1.20. The van der Waals surface area contributed by atoms with E-state index in [0.29, 0.717) is 0 Å². The molecule has 0 bridgehead atoms. The Balaban J connectivity index is 2.43.